The molecule has 4 nitrogen and oxygen atoms in total. The third-order valence-electron chi connectivity index (χ3n) is 9.10. The van der Waals surface area contributed by atoms with E-state index in [9.17, 15) is 39.5 Å². The summed E-state index contributed by atoms with van der Waals surface area (Å²) < 4.78 is 128. The summed E-state index contributed by atoms with van der Waals surface area (Å²) in [4.78, 5) is 14.1. The van der Waals surface area contributed by atoms with Crippen LogP contribution in [0, 0.1) is 0 Å². The van der Waals surface area contributed by atoms with Crippen molar-refractivity contribution in [2.24, 2.45) is 0 Å². The third kappa shape index (κ3) is 6.77. The standard InChI is InChI=1S/C42H23F9N4/c43-40(44,45)27-15-18-36-33(22-27)32-13-7-8-14-35(32)55(36)30-16-17-31(26-19-28(41(46,47)48)21-29(20-26)42(49,50)51)34(23-30)39-53-37(24-9-3-1-4-10-24)52-38(54-39)25-11-5-2-6-12-25/h1-23H. The lowest BCUT2D eigenvalue weighted by Crippen LogP contribution is -2.11. The monoisotopic (exact) mass is 754 g/mol. The Kier molecular flexibility index (Phi) is 8.47. The molecule has 0 fully saturated rings. The van der Waals surface area contributed by atoms with Gasteiger partial charge in [0.15, 0.2) is 17.5 Å². The molecular weight excluding hydrogens is 731 g/mol. The lowest BCUT2D eigenvalue weighted by molar-refractivity contribution is -0.143. The predicted octanol–water partition coefficient (Wildman–Crippen LogP) is 12.7. The first kappa shape index (κ1) is 35.5. The van der Waals surface area contributed by atoms with E-state index in [0.29, 0.717) is 45.4 Å². The fourth-order valence-corrected chi connectivity index (χ4v) is 6.57. The number of para-hydroxylation sites is 1. The van der Waals surface area contributed by atoms with Gasteiger partial charge < -0.3 is 4.57 Å². The molecule has 8 aromatic rings. The van der Waals surface area contributed by atoms with Gasteiger partial charge in [-0.3, -0.25) is 0 Å². The van der Waals surface area contributed by atoms with Gasteiger partial charge in [-0.1, -0.05) is 84.9 Å². The van der Waals surface area contributed by atoms with Crippen LogP contribution in [0.1, 0.15) is 16.7 Å². The zero-order valence-electron chi connectivity index (χ0n) is 28.0. The van der Waals surface area contributed by atoms with E-state index in [4.69, 9.17) is 9.97 Å². The molecule has 0 amide bonds. The lowest BCUT2D eigenvalue weighted by atomic mass is 9.94. The van der Waals surface area contributed by atoms with Crippen LogP contribution in [-0.4, -0.2) is 19.5 Å². The average molecular weight is 755 g/mol. The van der Waals surface area contributed by atoms with Crippen LogP contribution in [0.5, 0.6) is 0 Å². The molecule has 8 rings (SSSR count). The smallest absolute Gasteiger partial charge is 0.309 e. The van der Waals surface area contributed by atoms with Crippen LogP contribution in [0.25, 0.3) is 72.8 Å². The summed E-state index contributed by atoms with van der Waals surface area (Å²) in [5.74, 6) is 0.283. The van der Waals surface area contributed by atoms with Crippen molar-refractivity contribution in [3.8, 4) is 51.0 Å². The fourth-order valence-electron chi connectivity index (χ4n) is 6.57. The van der Waals surface area contributed by atoms with Gasteiger partial charge in [-0.25, -0.2) is 15.0 Å². The molecule has 0 aliphatic carbocycles. The Balaban J connectivity index is 1.46. The summed E-state index contributed by atoms with van der Waals surface area (Å²) >= 11 is 0. The first-order valence-corrected chi connectivity index (χ1v) is 16.6. The molecule has 0 unspecified atom stereocenters. The van der Waals surface area contributed by atoms with Gasteiger partial charge in [0.25, 0.3) is 0 Å². The highest BCUT2D eigenvalue weighted by atomic mass is 19.4. The van der Waals surface area contributed by atoms with Crippen LogP contribution in [-0.2, 0) is 18.5 Å². The SMILES string of the molecule is FC(F)(F)c1cc(-c2ccc(-n3c4ccccc4c4cc(C(F)(F)F)ccc43)cc2-c2nc(-c3ccccc3)nc(-c3ccccc3)n2)cc(C(F)(F)F)c1. The number of alkyl halides is 9. The second-order valence-corrected chi connectivity index (χ2v) is 12.6. The molecule has 0 radical (unpaired) electrons. The lowest BCUT2D eigenvalue weighted by Gasteiger charge is -2.18. The van der Waals surface area contributed by atoms with Crippen LogP contribution in [0.2, 0.25) is 0 Å². The number of aromatic nitrogens is 4. The Bertz CT molecular complexity index is 2630. The molecule has 0 saturated carbocycles. The van der Waals surface area contributed by atoms with Gasteiger partial charge in [-0.15, -0.1) is 0 Å². The number of halogens is 9. The van der Waals surface area contributed by atoms with E-state index in [1.807, 2.05) is 0 Å². The van der Waals surface area contributed by atoms with E-state index in [0.717, 1.165) is 12.1 Å². The van der Waals surface area contributed by atoms with Gasteiger partial charge in [0, 0.05) is 33.2 Å². The molecule has 0 aliphatic rings. The summed E-state index contributed by atoms with van der Waals surface area (Å²) in [5, 5.41) is 0.765. The van der Waals surface area contributed by atoms with Crippen LogP contribution >= 0.6 is 0 Å². The molecule has 13 heteroatoms. The second kappa shape index (κ2) is 13.1. The van der Waals surface area contributed by atoms with Gasteiger partial charge in [-0.05, 0) is 65.7 Å². The highest BCUT2D eigenvalue weighted by Gasteiger charge is 2.37. The number of hydrogen-bond acceptors (Lipinski definition) is 3. The van der Waals surface area contributed by atoms with E-state index in [-0.39, 0.29) is 40.1 Å². The van der Waals surface area contributed by atoms with Crippen LogP contribution < -0.4 is 0 Å². The topological polar surface area (TPSA) is 43.6 Å². The minimum Gasteiger partial charge on any atom is -0.309 e. The predicted molar refractivity (Wildman–Crippen MR) is 191 cm³/mol. The molecule has 2 heterocycles. The van der Waals surface area contributed by atoms with Crippen molar-refractivity contribution in [2.45, 2.75) is 18.5 Å². The number of benzene rings is 6. The van der Waals surface area contributed by atoms with E-state index in [1.54, 1.807) is 89.5 Å². The van der Waals surface area contributed by atoms with E-state index in [2.05, 4.69) is 4.98 Å². The number of hydrogen-bond donors (Lipinski definition) is 0. The highest BCUT2D eigenvalue weighted by Crippen LogP contribution is 2.43. The first-order chi connectivity index (χ1) is 26.1. The normalized spacial score (nSPS) is 12.5. The van der Waals surface area contributed by atoms with Crippen molar-refractivity contribution >= 4 is 21.8 Å². The molecule has 6 aromatic carbocycles. The number of fused-ring (bicyclic) bond motifs is 3. The van der Waals surface area contributed by atoms with Crippen molar-refractivity contribution in [1.29, 1.82) is 0 Å². The van der Waals surface area contributed by atoms with Gasteiger partial charge in [0.2, 0.25) is 0 Å². The minimum absolute atomic E-state index is 0.0413. The van der Waals surface area contributed by atoms with Crippen LogP contribution in [0.4, 0.5) is 39.5 Å². The molecule has 0 saturated heterocycles. The maximum absolute atomic E-state index is 14.1. The summed E-state index contributed by atoms with van der Waals surface area (Å²) in [6.45, 7) is 0. The van der Waals surface area contributed by atoms with Gasteiger partial charge in [-0.2, -0.15) is 39.5 Å². The van der Waals surface area contributed by atoms with Crippen molar-refractivity contribution in [2.75, 3.05) is 0 Å². The number of nitrogens with zero attached hydrogens (tertiary/aromatic N) is 4. The molecule has 2 aromatic heterocycles. The molecule has 0 bridgehead atoms. The molecule has 0 spiro atoms. The minimum atomic E-state index is -5.12. The Labute approximate surface area is 306 Å². The van der Waals surface area contributed by atoms with Crippen LogP contribution in [0.3, 0.4) is 0 Å². The quantitative estimate of drug-likeness (QED) is 0.164. The van der Waals surface area contributed by atoms with E-state index < -0.39 is 40.8 Å². The van der Waals surface area contributed by atoms with Crippen molar-refractivity contribution in [1.82, 2.24) is 19.5 Å². The molecular formula is C42H23F9N4. The molecule has 274 valence electrons. The fraction of sp³-hybridized carbons (Fsp3) is 0.0714. The largest absolute Gasteiger partial charge is 0.416 e. The average Bonchev–Trinajstić information content (AvgIpc) is 3.51. The van der Waals surface area contributed by atoms with Gasteiger partial charge in [0.05, 0.1) is 27.7 Å². The Hall–Kier alpha value is -6.50. The number of rotatable bonds is 5. The van der Waals surface area contributed by atoms with Crippen LogP contribution in [0.15, 0.2) is 140 Å². The zero-order chi connectivity index (χ0) is 38.7. The van der Waals surface area contributed by atoms with Crippen molar-refractivity contribution < 1.29 is 39.5 Å². The molecule has 0 atom stereocenters. The second-order valence-electron chi connectivity index (χ2n) is 12.6. The van der Waals surface area contributed by atoms with Crippen molar-refractivity contribution in [3.63, 3.8) is 0 Å². The first-order valence-electron chi connectivity index (χ1n) is 16.6. The van der Waals surface area contributed by atoms with E-state index in [1.165, 1.54) is 24.3 Å². The maximum atomic E-state index is 14.1. The summed E-state index contributed by atoms with van der Waals surface area (Å²) in [7, 11) is 0. The Morgan fingerprint density at radius 3 is 1.44 bits per heavy atom. The third-order valence-corrected chi connectivity index (χ3v) is 9.10. The summed E-state index contributed by atoms with van der Waals surface area (Å²) in [6.07, 6.45) is -14.9. The van der Waals surface area contributed by atoms with Gasteiger partial charge in [0.1, 0.15) is 0 Å². The molecule has 0 N–H and O–H groups in total. The Morgan fingerprint density at radius 2 is 0.873 bits per heavy atom. The van der Waals surface area contributed by atoms with E-state index >= 15 is 0 Å². The zero-order valence-corrected chi connectivity index (χ0v) is 28.0. The highest BCUT2D eigenvalue weighted by molar-refractivity contribution is 6.09. The molecule has 55 heavy (non-hydrogen) atoms. The maximum Gasteiger partial charge on any atom is 0.416 e. The summed E-state index contributed by atoms with van der Waals surface area (Å²) in [5.41, 5.74) is -2.01. The Morgan fingerprint density at radius 1 is 0.364 bits per heavy atom. The van der Waals surface area contributed by atoms with Gasteiger partial charge >= 0.3 is 18.5 Å². The molecule has 0 aliphatic heterocycles. The summed E-state index contributed by atoms with van der Waals surface area (Å²) in [6, 6.07) is 33.2. The van der Waals surface area contributed by atoms with Crippen molar-refractivity contribution in [3.05, 3.63) is 156 Å².